The summed E-state index contributed by atoms with van der Waals surface area (Å²) in [7, 11) is 1.45. The smallest absolute Gasteiger partial charge is 0.241 e. The molecule has 1 saturated heterocycles. The number of aromatic hydroxyl groups is 1. The minimum absolute atomic E-state index is 0.0620. The fraction of sp³-hybridized carbons (Fsp3) is 0.250. The van der Waals surface area contributed by atoms with Crippen LogP contribution < -0.4 is 9.64 Å². The normalized spacial score (nSPS) is 25.3. The van der Waals surface area contributed by atoms with Crippen LogP contribution in [0.4, 0.5) is 10.1 Å². The van der Waals surface area contributed by atoms with Crippen LogP contribution in [0.25, 0.3) is 0 Å². The van der Waals surface area contributed by atoms with E-state index in [4.69, 9.17) is 16.3 Å². The Hall–Kier alpha value is -3.12. The van der Waals surface area contributed by atoms with E-state index in [-0.39, 0.29) is 22.4 Å². The average Bonchev–Trinajstić information content (AvgIpc) is 2.95. The number of halogens is 2. The van der Waals surface area contributed by atoms with Gasteiger partial charge in [-0.2, -0.15) is 0 Å². The fourth-order valence-corrected chi connectivity index (χ4v) is 4.96. The number of phenolic OH excluding ortho intramolecular Hbond substituents is 1. The quantitative estimate of drug-likeness (QED) is 0.679. The first-order valence-electron chi connectivity index (χ1n) is 9.76. The average molecular weight is 442 g/mol. The predicted molar refractivity (Wildman–Crippen MR) is 116 cm³/mol. The number of benzene rings is 2. The number of methoxy groups -OCH3 is 1. The number of ether oxygens (including phenoxy) is 1. The number of carbonyl (C=O) groups is 2. The summed E-state index contributed by atoms with van der Waals surface area (Å²) in [5.74, 6) is -2.29. The molecule has 1 aliphatic heterocycles. The Balaban J connectivity index is 1.86. The molecule has 2 amide bonds. The van der Waals surface area contributed by atoms with Gasteiger partial charge >= 0.3 is 0 Å². The minimum Gasteiger partial charge on any atom is -0.504 e. The Morgan fingerprint density at radius 3 is 2.65 bits per heavy atom. The third-order valence-electron chi connectivity index (χ3n) is 6.36. The molecule has 0 saturated carbocycles. The van der Waals surface area contributed by atoms with Gasteiger partial charge in [0.2, 0.25) is 11.8 Å². The number of phenols is 1. The summed E-state index contributed by atoms with van der Waals surface area (Å²) in [5, 5.41) is 10.2. The number of anilines is 1. The van der Waals surface area contributed by atoms with E-state index < -0.39 is 29.0 Å². The van der Waals surface area contributed by atoms with Crippen LogP contribution in [0.3, 0.4) is 0 Å². The van der Waals surface area contributed by atoms with Gasteiger partial charge in [-0.3, -0.25) is 9.59 Å². The number of hydrogen-bond acceptors (Lipinski definition) is 4. The Labute approximate surface area is 184 Å². The van der Waals surface area contributed by atoms with Crippen LogP contribution in [0, 0.1) is 17.2 Å². The molecule has 0 bridgehead atoms. The van der Waals surface area contributed by atoms with E-state index in [1.807, 2.05) is 6.08 Å². The molecule has 4 rings (SSSR count). The summed E-state index contributed by atoms with van der Waals surface area (Å²) in [6, 6.07) is 8.72. The van der Waals surface area contributed by atoms with E-state index in [0.29, 0.717) is 17.7 Å². The molecule has 5 nitrogen and oxygen atoms in total. The molecular formula is C24H21ClFNO4. The molecule has 0 radical (unpaired) electrons. The molecule has 1 heterocycles. The van der Waals surface area contributed by atoms with E-state index >= 15 is 0 Å². The van der Waals surface area contributed by atoms with Crippen molar-refractivity contribution in [3.8, 4) is 11.5 Å². The maximum atomic E-state index is 13.7. The molecule has 3 unspecified atom stereocenters. The molecule has 7 heteroatoms. The van der Waals surface area contributed by atoms with Gasteiger partial charge in [0.15, 0.2) is 11.5 Å². The minimum atomic E-state index is -1.13. The van der Waals surface area contributed by atoms with E-state index in [1.165, 1.54) is 19.2 Å². The van der Waals surface area contributed by atoms with Crippen molar-refractivity contribution in [2.75, 3.05) is 12.0 Å². The van der Waals surface area contributed by atoms with E-state index in [1.54, 1.807) is 31.2 Å². The van der Waals surface area contributed by atoms with Crippen molar-refractivity contribution in [2.45, 2.75) is 19.3 Å². The molecule has 3 atom stereocenters. The summed E-state index contributed by atoms with van der Waals surface area (Å²) in [5.41, 5.74) is 0.561. The zero-order valence-corrected chi connectivity index (χ0v) is 17.8. The summed E-state index contributed by atoms with van der Waals surface area (Å²) in [6.45, 7) is 5.64. The molecule has 1 aliphatic carbocycles. The molecule has 1 N–H and O–H groups in total. The Bertz CT molecular complexity index is 1140. The molecule has 2 aromatic carbocycles. The SMILES string of the molecule is C=CC1=CCC2C(=O)N(c3ccc(F)c(Cl)c3)C(=O)C2(C)C1c1ccc(OC)c(O)c1. The molecule has 2 aliphatic rings. The number of carbonyl (C=O) groups excluding carboxylic acids is 2. The van der Waals surface area contributed by atoms with Crippen molar-refractivity contribution in [3.05, 3.63) is 77.1 Å². The number of nitrogens with zero attached hydrogens (tertiary/aromatic N) is 1. The van der Waals surface area contributed by atoms with Gasteiger partial charge in [-0.1, -0.05) is 36.4 Å². The van der Waals surface area contributed by atoms with Crippen LogP contribution in [-0.2, 0) is 9.59 Å². The highest BCUT2D eigenvalue weighted by Gasteiger charge is 2.62. The first kappa shape index (κ1) is 21.1. The van der Waals surface area contributed by atoms with Gasteiger partial charge in [-0.05, 0) is 54.8 Å². The lowest BCUT2D eigenvalue weighted by Crippen LogP contribution is -2.41. The lowest BCUT2D eigenvalue weighted by atomic mass is 9.60. The standard InChI is InChI=1S/C24H21ClFNO4/c1-4-13-5-8-16-22(29)27(15-7-9-18(26)17(25)12-15)23(30)24(16,2)21(13)14-6-10-20(31-3)19(28)11-14/h4-7,9-12,16,21,28H,1,8H2,2-3H3. The van der Waals surface area contributed by atoms with Crippen LogP contribution in [0.15, 0.2) is 60.7 Å². The third kappa shape index (κ3) is 3.05. The van der Waals surface area contributed by atoms with Gasteiger partial charge in [-0.25, -0.2) is 9.29 Å². The highest BCUT2D eigenvalue weighted by Crippen LogP contribution is 2.57. The summed E-state index contributed by atoms with van der Waals surface area (Å²) in [6.07, 6.45) is 3.94. The van der Waals surface area contributed by atoms with Crippen LogP contribution in [0.2, 0.25) is 5.02 Å². The Morgan fingerprint density at radius 2 is 2.03 bits per heavy atom. The van der Waals surface area contributed by atoms with Crippen molar-refractivity contribution in [3.63, 3.8) is 0 Å². The van der Waals surface area contributed by atoms with Gasteiger partial charge in [0.25, 0.3) is 0 Å². The van der Waals surface area contributed by atoms with Crippen LogP contribution in [-0.4, -0.2) is 24.0 Å². The van der Waals surface area contributed by atoms with Crippen molar-refractivity contribution < 1.29 is 23.8 Å². The van der Waals surface area contributed by atoms with Crippen LogP contribution in [0.1, 0.15) is 24.8 Å². The summed E-state index contributed by atoms with van der Waals surface area (Å²) >= 11 is 5.90. The molecule has 1 fully saturated rings. The second kappa shape index (κ2) is 7.54. The maximum Gasteiger partial charge on any atom is 0.241 e. The largest absolute Gasteiger partial charge is 0.504 e. The maximum absolute atomic E-state index is 13.7. The third-order valence-corrected chi connectivity index (χ3v) is 6.65. The molecule has 31 heavy (non-hydrogen) atoms. The van der Waals surface area contributed by atoms with Gasteiger partial charge in [0, 0.05) is 5.92 Å². The highest BCUT2D eigenvalue weighted by atomic mass is 35.5. The molecule has 0 spiro atoms. The van der Waals surface area contributed by atoms with Crippen molar-refractivity contribution in [1.29, 1.82) is 0 Å². The van der Waals surface area contributed by atoms with Gasteiger partial charge in [0.1, 0.15) is 5.82 Å². The zero-order valence-electron chi connectivity index (χ0n) is 17.1. The summed E-state index contributed by atoms with van der Waals surface area (Å²) < 4.78 is 18.8. The van der Waals surface area contributed by atoms with Gasteiger partial charge < -0.3 is 9.84 Å². The summed E-state index contributed by atoms with van der Waals surface area (Å²) in [4.78, 5) is 28.2. The number of hydrogen-bond donors (Lipinski definition) is 1. The van der Waals surface area contributed by atoms with E-state index in [2.05, 4.69) is 6.58 Å². The number of allylic oxidation sites excluding steroid dienone is 3. The van der Waals surface area contributed by atoms with Gasteiger partial charge in [-0.15, -0.1) is 0 Å². The number of fused-ring (bicyclic) bond motifs is 1. The second-order valence-electron chi connectivity index (χ2n) is 7.92. The number of rotatable bonds is 4. The first-order chi connectivity index (χ1) is 14.7. The first-order valence-corrected chi connectivity index (χ1v) is 10.1. The fourth-order valence-electron chi connectivity index (χ4n) is 4.79. The lowest BCUT2D eigenvalue weighted by molar-refractivity contribution is -0.127. The lowest BCUT2D eigenvalue weighted by Gasteiger charge is -2.40. The predicted octanol–water partition coefficient (Wildman–Crippen LogP) is 4.99. The van der Waals surface area contributed by atoms with Crippen LogP contribution in [0.5, 0.6) is 11.5 Å². The molecule has 0 aromatic heterocycles. The molecule has 2 aromatic rings. The van der Waals surface area contributed by atoms with Crippen molar-refractivity contribution in [1.82, 2.24) is 0 Å². The van der Waals surface area contributed by atoms with Crippen molar-refractivity contribution in [2.24, 2.45) is 11.3 Å². The topological polar surface area (TPSA) is 66.8 Å². The highest BCUT2D eigenvalue weighted by molar-refractivity contribution is 6.31. The van der Waals surface area contributed by atoms with Crippen molar-refractivity contribution >= 4 is 29.1 Å². The number of imide groups is 1. The molecule has 160 valence electrons. The monoisotopic (exact) mass is 441 g/mol. The number of amides is 2. The zero-order chi connectivity index (χ0) is 22.5. The van der Waals surface area contributed by atoms with Gasteiger partial charge in [0.05, 0.1) is 29.2 Å². The van der Waals surface area contributed by atoms with E-state index in [9.17, 15) is 19.1 Å². The van der Waals surface area contributed by atoms with E-state index in [0.717, 1.165) is 16.5 Å². The molecular weight excluding hydrogens is 421 g/mol. The Morgan fingerprint density at radius 1 is 1.29 bits per heavy atom. The van der Waals surface area contributed by atoms with Crippen LogP contribution >= 0.6 is 11.6 Å². The Kier molecular flexibility index (Phi) is 5.13. The second-order valence-corrected chi connectivity index (χ2v) is 8.33.